The first-order valence-corrected chi connectivity index (χ1v) is 7.73. The quantitative estimate of drug-likeness (QED) is 0.581. The lowest BCUT2D eigenvalue weighted by molar-refractivity contribution is -0.257. The highest BCUT2D eigenvalue weighted by atomic mass is 16.7. The largest absolute Gasteiger partial charge is 0.463 e. The van der Waals surface area contributed by atoms with Crippen LogP contribution in [0, 0.1) is 16.7 Å². The Kier molecular flexibility index (Phi) is 1.85. The van der Waals surface area contributed by atoms with E-state index < -0.39 is 45.9 Å². The Morgan fingerprint density at radius 3 is 2.68 bits per heavy atom. The molecule has 1 unspecified atom stereocenters. The van der Waals surface area contributed by atoms with E-state index in [-0.39, 0.29) is 18.9 Å². The van der Waals surface area contributed by atoms with E-state index >= 15 is 0 Å². The molecule has 0 aromatic rings. The highest BCUT2D eigenvalue weighted by molar-refractivity contribution is 5.89. The zero-order chi connectivity index (χ0) is 15.8. The number of hydrogen-bond acceptors (Lipinski definition) is 7. The molecule has 0 amide bonds. The van der Waals surface area contributed by atoms with Crippen molar-refractivity contribution in [3.05, 3.63) is 0 Å². The number of cyclic esters (lactones) is 1. The third-order valence-corrected chi connectivity index (χ3v) is 7.46. The van der Waals surface area contributed by atoms with Crippen molar-refractivity contribution in [3.8, 4) is 0 Å². The maximum Gasteiger partial charge on any atom is 0.368 e. The van der Waals surface area contributed by atoms with Crippen LogP contribution in [0.5, 0.6) is 0 Å². The molecule has 2 N–H and O–H groups in total. The molecule has 7 atom stereocenters. The van der Waals surface area contributed by atoms with E-state index in [4.69, 9.17) is 14.2 Å². The van der Waals surface area contributed by atoms with Gasteiger partial charge < -0.3 is 24.4 Å². The average molecular weight is 310 g/mol. The van der Waals surface area contributed by atoms with Gasteiger partial charge in [0.25, 0.3) is 5.79 Å². The molecule has 2 aliphatic carbocycles. The molecular formula is C15H18O7. The van der Waals surface area contributed by atoms with Crippen molar-refractivity contribution >= 4 is 11.9 Å². The van der Waals surface area contributed by atoms with Crippen molar-refractivity contribution in [1.82, 2.24) is 0 Å². The highest BCUT2D eigenvalue weighted by Crippen LogP contribution is 2.79. The van der Waals surface area contributed by atoms with Crippen LogP contribution in [0.2, 0.25) is 0 Å². The summed E-state index contributed by atoms with van der Waals surface area (Å²) >= 11 is 0. The predicted molar refractivity (Wildman–Crippen MR) is 68.1 cm³/mol. The number of ether oxygens (including phenoxy) is 3. The Hall–Kier alpha value is -1.18. The van der Waals surface area contributed by atoms with Crippen molar-refractivity contribution in [1.29, 1.82) is 0 Å². The van der Waals surface area contributed by atoms with Crippen LogP contribution in [0.25, 0.3) is 0 Å². The van der Waals surface area contributed by atoms with E-state index in [0.29, 0.717) is 6.42 Å². The SMILES string of the molecule is C[C@@H]1CC[C@]23OC(=O)[C@@]4(O)O[C@H](CC124)[C@@]1(O)C(=O)OC[C@@]31C. The Labute approximate surface area is 126 Å². The maximum atomic E-state index is 12.4. The average Bonchev–Trinajstić information content (AvgIpc) is 3.07. The summed E-state index contributed by atoms with van der Waals surface area (Å²) in [6, 6.07) is 0. The van der Waals surface area contributed by atoms with Gasteiger partial charge in [-0.25, -0.2) is 9.59 Å². The zero-order valence-electron chi connectivity index (χ0n) is 12.4. The molecule has 5 aliphatic rings. The Morgan fingerprint density at radius 2 is 1.95 bits per heavy atom. The molecule has 120 valence electrons. The minimum atomic E-state index is -2.09. The van der Waals surface area contributed by atoms with Crippen molar-refractivity contribution in [2.24, 2.45) is 16.7 Å². The number of aliphatic hydroxyl groups is 2. The number of fused-ring (bicyclic) bond motifs is 3. The van der Waals surface area contributed by atoms with Crippen LogP contribution in [0.3, 0.4) is 0 Å². The Bertz CT molecular complexity index is 648. The third-order valence-electron chi connectivity index (χ3n) is 7.46. The van der Waals surface area contributed by atoms with Crippen LogP contribution in [0.1, 0.15) is 33.1 Å². The fourth-order valence-electron chi connectivity index (χ4n) is 6.32. The first kappa shape index (κ1) is 13.3. The number of hydrogen-bond donors (Lipinski definition) is 2. The van der Waals surface area contributed by atoms with Gasteiger partial charge in [-0.2, -0.15) is 0 Å². The smallest absolute Gasteiger partial charge is 0.368 e. The number of carbonyl (C=O) groups excluding carboxylic acids is 2. The van der Waals surface area contributed by atoms with Crippen molar-refractivity contribution in [2.75, 3.05) is 6.61 Å². The Morgan fingerprint density at radius 1 is 1.23 bits per heavy atom. The van der Waals surface area contributed by atoms with Crippen LogP contribution in [0.4, 0.5) is 0 Å². The molecule has 3 aliphatic heterocycles. The molecule has 5 fully saturated rings. The van der Waals surface area contributed by atoms with E-state index in [1.54, 1.807) is 6.92 Å². The van der Waals surface area contributed by atoms with Gasteiger partial charge in [-0.15, -0.1) is 0 Å². The fraction of sp³-hybridized carbons (Fsp3) is 0.867. The lowest BCUT2D eigenvalue weighted by atomic mass is 9.47. The minimum Gasteiger partial charge on any atom is -0.463 e. The van der Waals surface area contributed by atoms with Gasteiger partial charge in [0.15, 0.2) is 0 Å². The topological polar surface area (TPSA) is 102 Å². The lowest BCUT2D eigenvalue weighted by Gasteiger charge is -2.56. The van der Waals surface area contributed by atoms with Gasteiger partial charge in [0.2, 0.25) is 5.60 Å². The second-order valence-electron chi connectivity index (χ2n) is 7.76. The molecule has 0 aromatic carbocycles. The minimum absolute atomic E-state index is 0.0222. The molecule has 5 rings (SSSR count). The van der Waals surface area contributed by atoms with Gasteiger partial charge in [-0.3, -0.25) is 0 Å². The molecule has 2 saturated carbocycles. The second-order valence-corrected chi connectivity index (χ2v) is 7.76. The fourth-order valence-corrected chi connectivity index (χ4v) is 6.32. The van der Waals surface area contributed by atoms with E-state index in [2.05, 4.69) is 0 Å². The second kappa shape index (κ2) is 3.07. The first-order chi connectivity index (χ1) is 10.2. The highest BCUT2D eigenvalue weighted by Gasteiger charge is 2.95. The van der Waals surface area contributed by atoms with Crippen LogP contribution < -0.4 is 0 Å². The van der Waals surface area contributed by atoms with Crippen LogP contribution in [-0.4, -0.2) is 51.9 Å². The summed E-state index contributed by atoms with van der Waals surface area (Å²) < 4.78 is 16.5. The van der Waals surface area contributed by atoms with E-state index in [0.717, 1.165) is 6.42 Å². The third kappa shape index (κ3) is 0.811. The molecule has 0 radical (unpaired) electrons. The van der Waals surface area contributed by atoms with Gasteiger partial charge >= 0.3 is 11.9 Å². The number of esters is 2. The molecule has 0 aromatic heterocycles. The monoisotopic (exact) mass is 310 g/mol. The maximum absolute atomic E-state index is 12.4. The number of rotatable bonds is 0. The van der Waals surface area contributed by atoms with Gasteiger partial charge in [0, 0.05) is 0 Å². The molecule has 2 bridgehead atoms. The van der Waals surface area contributed by atoms with Gasteiger partial charge in [-0.1, -0.05) is 6.92 Å². The van der Waals surface area contributed by atoms with Crippen LogP contribution in [0.15, 0.2) is 0 Å². The molecular weight excluding hydrogens is 292 g/mol. The first-order valence-electron chi connectivity index (χ1n) is 7.73. The standard InChI is InChI=1S/C15H18O7/c1-7-3-4-13-11(2)6-20-9(16)14(11,18)8-5-12(7,13)15(19,21-8)10(17)22-13/h7-8,18-19H,3-6H2,1-2H3/t7-,8-,11+,12?,13-,14-,15-/m1/s1. The summed E-state index contributed by atoms with van der Waals surface area (Å²) in [4.78, 5) is 24.7. The van der Waals surface area contributed by atoms with Gasteiger partial charge in [0.05, 0.1) is 10.8 Å². The van der Waals surface area contributed by atoms with Crippen molar-refractivity contribution in [3.63, 3.8) is 0 Å². The summed E-state index contributed by atoms with van der Waals surface area (Å²) in [6.07, 6.45) is 0.468. The lowest BCUT2D eigenvalue weighted by Crippen LogP contribution is -2.72. The molecule has 22 heavy (non-hydrogen) atoms. The molecule has 3 heterocycles. The summed E-state index contributed by atoms with van der Waals surface area (Å²) in [5.74, 6) is -3.67. The van der Waals surface area contributed by atoms with E-state index in [9.17, 15) is 19.8 Å². The van der Waals surface area contributed by atoms with E-state index in [1.807, 2.05) is 6.92 Å². The molecule has 7 heteroatoms. The van der Waals surface area contributed by atoms with E-state index in [1.165, 1.54) is 0 Å². The van der Waals surface area contributed by atoms with Gasteiger partial charge in [0.1, 0.15) is 18.3 Å². The van der Waals surface area contributed by atoms with Crippen LogP contribution >= 0.6 is 0 Å². The van der Waals surface area contributed by atoms with Crippen LogP contribution in [-0.2, 0) is 23.8 Å². The summed E-state index contributed by atoms with van der Waals surface area (Å²) in [6.45, 7) is 3.64. The summed E-state index contributed by atoms with van der Waals surface area (Å²) in [7, 11) is 0. The zero-order valence-corrected chi connectivity index (χ0v) is 12.4. The summed E-state index contributed by atoms with van der Waals surface area (Å²) in [5, 5.41) is 22.2. The van der Waals surface area contributed by atoms with Crippen molar-refractivity contribution < 1.29 is 34.0 Å². The Balaban J connectivity index is 1.88. The van der Waals surface area contributed by atoms with Gasteiger partial charge in [-0.05, 0) is 32.1 Å². The molecule has 1 spiro atoms. The molecule has 7 nitrogen and oxygen atoms in total. The molecule has 3 saturated heterocycles. The van der Waals surface area contributed by atoms with Crippen molar-refractivity contribution in [2.45, 2.75) is 56.2 Å². The predicted octanol–water partition coefficient (Wildman–Crippen LogP) is -0.516. The summed E-state index contributed by atoms with van der Waals surface area (Å²) in [5.41, 5.74) is -5.09. The normalized spacial score (nSPS) is 64.4. The number of carbonyl (C=O) groups is 2.